The van der Waals surface area contributed by atoms with Crippen LogP contribution < -0.4 is 10.1 Å². The number of carboxylic acids is 1. The Balaban J connectivity index is 2.25. The van der Waals surface area contributed by atoms with E-state index in [1.165, 1.54) is 12.1 Å². The van der Waals surface area contributed by atoms with Gasteiger partial charge in [0.2, 0.25) is 0 Å². The zero-order valence-electron chi connectivity index (χ0n) is 14.4. The van der Waals surface area contributed by atoms with Gasteiger partial charge in [-0.3, -0.25) is 4.79 Å². The SMILES string of the molecule is COCc1ccc(C(=O)Nc2cc(C(=O)O)ccc2OC(C)C)cc1. The molecule has 1 amide bonds. The largest absolute Gasteiger partial charge is 0.489 e. The van der Waals surface area contributed by atoms with Crippen LogP contribution in [0.3, 0.4) is 0 Å². The number of carbonyl (C=O) groups excluding carboxylic acids is 1. The standard InChI is InChI=1S/C19H21NO5/c1-12(2)25-17-9-8-15(19(22)23)10-16(17)20-18(21)14-6-4-13(5-7-14)11-24-3/h4-10,12H,11H2,1-3H3,(H,20,21)(H,22,23). The minimum Gasteiger partial charge on any atom is -0.489 e. The van der Waals surface area contributed by atoms with Crippen molar-refractivity contribution < 1.29 is 24.2 Å². The lowest BCUT2D eigenvalue weighted by Crippen LogP contribution is -2.15. The van der Waals surface area contributed by atoms with Crippen molar-refractivity contribution in [2.75, 3.05) is 12.4 Å². The first-order chi connectivity index (χ1) is 11.9. The van der Waals surface area contributed by atoms with Crippen LogP contribution in [-0.4, -0.2) is 30.2 Å². The van der Waals surface area contributed by atoms with Crippen molar-refractivity contribution in [2.24, 2.45) is 0 Å². The van der Waals surface area contributed by atoms with E-state index in [1.807, 2.05) is 13.8 Å². The minimum atomic E-state index is -1.07. The van der Waals surface area contributed by atoms with Gasteiger partial charge in [0.15, 0.2) is 0 Å². The molecule has 132 valence electrons. The molecule has 0 atom stereocenters. The van der Waals surface area contributed by atoms with Crippen LogP contribution >= 0.6 is 0 Å². The van der Waals surface area contributed by atoms with Gasteiger partial charge < -0.3 is 19.9 Å². The van der Waals surface area contributed by atoms with E-state index in [2.05, 4.69) is 5.32 Å². The number of amides is 1. The number of ether oxygens (including phenoxy) is 2. The number of hydrogen-bond donors (Lipinski definition) is 2. The fourth-order valence-electron chi connectivity index (χ4n) is 2.23. The summed E-state index contributed by atoms with van der Waals surface area (Å²) in [7, 11) is 1.60. The molecule has 2 aromatic rings. The van der Waals surface area contributed by atoms with Crippen LogP contribution in [0, 0.1) is 0 Å². The van der Waals surface area contributed by atoms with Gasteiger partial charge in [-0.1, -0.05) is 12.1 Å². The molecular weight excluding hydrogens is 322 g/mol. The molecule has 0 fully saturated rings. The molecule has 6 nitrogen and oxygen atoms in total. The first-order valence-electron chi connectivity index (χ1n) is 7.84. The zero-order valence-corrected chi connectivity index (χ0v) is 14.4. The van der Waals surface area contributed by atoms with Gasteiger partial charge in [0.1, 0.15) is 5.75 Å². The van der Waals surface area contributed by atoms with E-state index in [0.717, 1.165) is 5.56 Å². The van der Waals surface area contributed by atoms with Crippen molar-refractivity contribution in [1.29, 1.82) is 0 Å². The van der Waals surface area contributed by atoms with E-state index < -0.39 is 5.97 Å². The predicted molar refractivity (Wildman–Crippen MR) is 94.3 cm³/mol. The minimum absolute atomic E-state index is 0.0712. The predicted octanol–water partition coefficient (Wildman–Crippen LogP) is 3.57. The Kier molecular flexibility index (Phi) is 6.14. The van der Waals surface area contributed by atoms with E-state index in [1.54, 1.807) is 37.4 Å². The molecule has 25 heavy (non-hydrogen) atoms. The van der Waals surface area contributed by atoms with Crippen LogP contribution in [0.1, 0.15) is 40.1 Å². The number of carbonyl (C=O) groups is 2. The number of anilines is 1. The summed E-state index contributed by atoms with van der Waals surface area (Å²) in [5.41, 5.74) is 1.80. The molecule has 6 heteroatoms. The van der Waals surface area contributed by atoms with E-state index in [-0.39, 0.29) is 17.6 Å². The molecule has 0 bridgehead atoms. The molecular formula is C19H21NO5. The summed E-state index contributed by atoms with van der Waals surface area (Å²) < 4.78 is 10.7. The smallest absolute Gasteiger partial charge is 0.335 e. The Morgan fingerprint density at radius 3 is 2.28 bits per heavy atom. The second kappa shape index (κ2) is 8.30. The molecule has 0 aliphatic heterocycles. The van der Waals surface area contributed by atoms with Crippen LogP contribution in [0.15, 0.2) is 42.5 Å². The third-order valence-electron chi connectivity index (χ3n) is 3.36. The summed E-state index contributed by atoms with van der Waals surface area (Å²) in [6.45, 7) is 4.17. The van der Waals surface area contributed by atoms with Crippen LogP contribution in [0.5, 0.6) is 5.75 Å². The van der Waals surface area contributed by atoms with Crippen LogP contribution in [-0.2, 0) is 11.3 Å². The summed E-state index contributed by atoms with van der Waals surface area (Å²) in [4.78, 5) is 23.6. The molecule has 0 radical (unpaired) electrons. The van der Waals surface area contributed by atoms with Gasteiger partial charge in [0.25, 0.3) is 5.91 Å². The topological polar surface area (TPSA) is 84.9 Å². The van der Waals surface area contributed by atoms with Gasteiger partial charge in [0.05, 0.1) is 24.0 Å². The Hall–Kier alpha value is -2.86. The molecule has 0 aromatic heterocycles. The monoisotopic (exact) mass is 343 g/mol. The molecule has 2 rings (SSSR count). The Labute approximate surface area is 146 Å². The third kappa shape index (κ3) is 5.06. The number of benzene rings is 2. The summed E-state index contributed by atoms with van der Waals surface area (Å²) in [6, 6.07) is 11.4. The Morgan fingerprint density at radius 1 is 1.08 bits per heavy atom. The second-order valence-corrected chi connectivity index (χ2v) is 5.77. The van der Waals surface area contributed by atoms with E-state index in [4.69, 9.17) is 14.6 Å². The molecule has 0 heterocycles. The fourth-order valence-corrected chi connectivity index (χ4v) is 2.23. The van der Waals surface area contributed by atoms with Gasteiger partial charge in [0, 0.05) is 12.7 Å². The molecule has 2 aromatic carbocycles. The van der Waals surface area contributed by atoms with Gasteiger partial charge in [-0.05, 0) is 49.7 Å². The summed E-state index contributed by atoms with van der Waals surface area (Å²) >= 11 is 0. The van der Waals surface area contributed by atoms with Crippen molar-refractivity contribution in [1.82, 2.24) is 0 Å². The van der Waals surface area contributed by atoms with E-state index in [0.29, 0.717) is 23.6 Å². The highest BCUT2D eigenvalue weighted by atomic mass is 16.5. The van der Waals surface area contributed by atoms with Crippen molar-refractivity contribution in [2.45, 2.75) is 26.6 Å². The van der Waals surface area contributed by atoms with Gasteiger partial charge >= 0.3 is 5.97 Å². The number of rotatable bonds is 7. The summed E-state index contributed by atoms with van der Waals surface area (Å²) in [6.07, 6.45) is -0.111. The number of hydrogen-bond acceptors (Lipinski definition) is 4. The number of methoxy groups -OCH3 is 1. The third-order valence-corrected chi connectivity index (χ3v) is 3.36. The maximum absolute atomic E-state index is 12.5. The van der Waals surface area contributed by atoms with Crippen molar-refractivity contribution >= 4 is 17.6 Å². The quantitative estimate of drug-likeness (QED) is 0.803. The highest BCUT2D eigenvalue weighted by Crippen LogP contribution is 2.27. The van der Waals surface area contributed by atoms with E-state index in [9.17, 15) is 9.59 Å². The first-order valence-corrected chi connectivity index (χ1v) is 7.84. The highest BCUT2D eigenvalue weighted by Gasteiger charge is 2.14. The lowest BCUT2D eigenvalue weighted by molar-refractivity contribution is 0.0696. The van der Waals surface area contributed by atoms with E-state index >= 15 is 0 Å². The Morgan fingerprint density at radius 2 is 1.72 bits per heavy atom. The summed E-state index contributed by atoms with van der Waals surface area (Å²) in [5, 5.41) is 11.9. The molecule has 0 aliphatic rings. The number of aromatic carboxylic acids is 1. The van der Waals surface area contributed by atoms with Crippen LogP contribution in [0.2, 0.25) is 0 Å². The normalized spacial score (nSPS) is 10.6. The Bertz CT molecular complexity index is 753. The first kappa shape index (κ1) is 18.5. The molecule has 2 N–H and O–H groups in total. The zero-order chi connectivity index (χ0) is 18.4. The van der Waals surface area contributed by atoms with Crippen molar-refractivity contribution in [3.05, 3.63) is 59.2 Å². The second-order valence-electron chi connectivity index (χ2n) is 5.77. The average molecular weight is 343 g/mol. The molecule has 0 spiro atoms. The summed E-state index contributed by atoms with van der Waals surface area (Å²) in [5.74, 6) is -1.00. The molecule has 0 unspecified atom stereocenters. The maximum atomic E-state index is 12.5. The number of carboxylic acid groups (broad SMARTS) is 1. The number of nitrogens with one attached hydrogen (secondary N) is 1. The molecule has 0 saturated carbocycles. The van der Waals surface area contributed by atoms with Gasteiger partial charge in [-0.25, -0.2) is 4.79 Å². The molecule has 0 aliphatic carbocycles. The van der Waals surface area contributed by atoms with Crippen molar-refractivity contribution in [3.63, 3.8) is 0 Å². The maximum Gasteiger partial charge on any atom is 0.335 e. The van der Waals surface area contributed by atoms with Crippen LogP contribution in [0.25, 0.3) is 0 Å². The van der Waals surface area contributed by atoms with Gasteiger partial charge in [-0.2, -0.15) is 0 Å². The highest BCUT2D eigenvalue weighted by molar-refractivity contribution is 6.05. The average Bonchev–Trinajstić information content (AvgIpc) is 2.56. The van der Waals surface area contributed by atoms with Crippen LogP contribution in [0.4, 0.5) is 5.69 Å². The molecule has 0 saturated heterocycles. The lowest BCUT2D eigenvalue weighted by atomic mass is 10.1. The fraction of sp³-hybridized carbons (Fsp3) is 0.263. The lowest BCUT2D eigenvalue weighted by Gasteiger charge is -2.15. The van der Waals surface area contributed by atoms with Crippen molar-refractivity contribution in [3.8, 4) is 5.75 Å². The van der Waals surface area contributed by atoms with Gasteiger partial charge in [-0.15, -0.1) is 0 Å².